The third kappa shape index (κ3) is 4.44. The fraction of sp³-hybridized carbons (Fsp3) is 0.385. The lowest BCUT2D eigenvalue weighted by atomic mass is 10.1. The Kier molecular flexibility index (Phi) is 6.12. The molecule has 1 aromatic carbocycles. The van der Waals surface area contributed by atoms with Crippen molar-refractivity contribution in [3.8, 4) is 17.2 Å². The van der Waals surface area contributed by atoms with E-state index in [1.165, 1.54) is 28.4 Å². The number of nitrogens with one attached hydrogen (secondary N) is 2. The van der Waals surface area contributed by atoms with E-state index in [1.807, 2.05) is 0 Å². The maximum Gasteiger partial charge on any atom is 0.425 e. The first-order valence-corrected chi connectivity index (χ1v) is 5.97. The van der Waals surface area contributed by atoms with Gasteiger partial charge in [-0.25, -0.2) is 10.2 Å². The molecular formula is C13H18N2O6. The molecule has 21 heavy (non-hydrogen) atoms. The first-order valence-electron chi connectivity index (χ1n) is 5.97. The number of benzene rings is 1. The van der Waals surface area contributed by atoms with Crippen LogP contribution in [0, 0.1) is 0 Å². The third-order valence-electron chi connectivity index (χ3n) is 2.58. The quantitative estimate of drug-likeness (QED) is 0.775. The second kappa shape index (κ2) is 7.83. The molecule has 1 aromatic rings. The number of methoxy groups -OCH3 is 4. The lowest BCUT2D eigenvalue weighted by Crippen LogP contribution is -2.42. The number of hydrazine groups is 1. The molecule has 1 rings (SSSR count). The van der Waals surface area contributed by atoms with E-state index in [1.54, 1.807) is 12.1 Å². The zero-order valence-corrected chi connectivity index (χ0v) is 12.3. The average Bonchev–Trinajstić information content (AvgIpc) is 2.51. The van der Waals surface area contributed by atoms with Crippen LogP contribution in [-0.4, -0.2) is 40.4 Å². The summed E-state index contributed by atoms with van der Waals surface area (Å²) in [5.74, 6) is 0.910. The molecule has 2 N–H and O–H groups in total. The molecule has 2 amide bonds. The topological polar surface area (TPSA) is 95.1 Å². The van der Waals surface area contributed by atoms with Gasteiger partial charge in [-0.15, -0.1) is 0 Å². The number of hydrogen-bond acceptors (Lipinski definition) is 6. The van der Waals surface area contributed by atoms with E-state index in [0.29, 0.717) is 22.8 Å². The van der Waals surface area contributed by atoms with Crippen LogP contribution in [0.25, 0.3) is 0 Å². The second-order valence-corrected chi connectivity index (χ2v) is 3.88. The molecule has 0 radical (unpaired) electrons. The molecule has 0 saturated heterocycles. The predicted octanol–water partition coefficient (Wildman–Crippen LogP) is 0.642. The number of rotatable bonds is 5. The van der Waals surface area contributed by atoms with Gasteiger partial charge >= 0.3 is 6.09 Å². The Morgan fingerprint density at radius 3 is 1.95 bits per heavy atom. The summed E-state index contributed by atoms with van der Waals surface area (Å²) in [6.07, 6.45) is -0.742. The van der Waals surface area contributed by atoms with Crippen LogP contribution in [0.4, 0.5) is 4.79 Å². The molecule has 0 atom stereocenters. The predicted molar refractivity (Wildman–Crippen MR) is 73.5 cm³/mol. The van der Waals surface area contributed by atoms with Crippen molar-refractivity contribution < 1.29 is 28.5 Å². The van der Waals surface area contributed by atoms with E-state index < -0.39 is 12.0 Å². The molecule has 0 bridgehead atoms. The van der Waals surface area contributed by atoms with Gasteiger partial charge in [0.2, 0.25) is 11.7 Å². The molecule has 0 heterocycles. The van der Waals surface area contributed by atoms with Gasteiger partial charge in [-0.1, -0.05) is 0 Å². The summed E-state index contributed by atoms with van der Waals surface area (Å²) in [7, 11) is 5.66. The molecule has 0 aliphatic rings. The van der Waals surface area contributed by atoms with Crippen molar-refractivity contribution in [2.24, 2.45) is 0 Å². The minimum absolute atomic E-state index is 0.0146. The van der Waals surface area contributed by atoms with Crippen LogP contribution in [0.5, 0.6) is 17.2 Å². The van der Waals surface area contributed by atoms with Gasteiger partial charge in [-0.05, 0) is 17.7 Å². The molecule has 0 aliphatic heterocycles. The summed E-state index contributed by atoms with van der Waals surface area (Å²) in [6, 6.07) is 3.30. The summed E-state index contributed by atoms with van der Waals surface area (Å²) < 4.78 is 19.9. The van der Waals surface area contributed by atoms with Gasteiger partial charge in [0.1, 0.15) is 0 Å². The molecule has 116 valence electrons. The highest BCUT2D eigenvalue weighted by atomic mass is 16.5. The normalized spacial score (nSPS) is 9.52. The maximum absolute atomic E-state index is 11.7. The molecule has 0 aromatic heterocycles. The molecule has 0 aliphatic carbocycles. The second-order valence-electron chi connectivity index (χ2n) is 3.88. The Labute approximate surface area is 122 Å². The van der Waals surface area contributed by atoms with E-state index in [0.717, 1.165) is 0 Å². The van der Waals surface area contributed by atoms with Gasteiger partial charge < -0.3 is 18.9 Å². The summed E-state index contributed by atoms with van der Waals surface area (Å²) in [4.78, 5) is 22.5. The summed E-state index contributed by atoms with van der Waals surface area (Å²) in [5, 5.41) is 0. The average molecular weight is 298 g/mol. The van der Waals surface area contributed by atoms with Crippen molar-refractivity contribution >= 4 is 12.0 Å². The van der Waals surface area contributed by atoms with Crippen LogP contribution in [0.3, 0.4) is 0 Å². The van der Waals surface area contributed by atoms with Crippen molar-refractivity contribution in [3.05, 3.63) is 17.7 Å². The van der Waals surface area contributed by atoms with E-state index in [9.17, 15) is 9.59 Å². The smallest absolute Gasteiger partial charge is 0.425 e. The Hall–Kier alpha value is -2.64. The fourth-order valence-electron chi connectivity index (χ4n) is 1.64. The third-order valence-corrected chi connectivity index (χ3v) is 2.58. The Balaban J connectivity index is 2.83. The number of carbonyl (C=O) groups is 2. The molecule has 8 heteroatoms. The zero-order chi connectivity index (χ0) is 15.8. The summed E-state index contributed by atoms with van der Waals surface area (Å²) >= 11 is 0. The maximum atomic E-state index is 11.7. The SMILES string of the molecule is COC(=O)NNC(=O)Cc1cc(OC)c(OC)c(OC)c1. The number of hydrogen-bond donors (Lipinski definition) is 2. The van der Waals surface area contributed by atoms with Crippen LogP contribution in [0.2, 0.25) is 0 Å². The first kappa shape index (κ1) is 16.4. The van der Waals surface area contributed by atoms with Crippen molar-refractivity contribution in [1.82, 2.24) is 10.9 Å². The summed E-state index contributed by atoms with van der Waals surface area (Å²) in [5.41, 5.74) is 4.93. The largest absolute Gasteiger partial charge is 0.493 e. The summed E-state index contributed by atoms with van der Waals surface area (Å²) in [6.45, 7) is 0. The van der Waals surface area contributed by atoms with E-state index in [4.69, 9.17) is 14.2 Å². The van der Waals surface area contributed by atoms with Crippen LogP contribution < -0.4 is 25.1 Å². The highest BCUT2D eigenvalue weighted by Crippen LogP contribution is 2.38. The minimum atomic E-state index is -0.756. The van der Waals surface area contributed by atoms with Crippen LogP contribution >= 0.6 is 0 Å². The highest BCUT2D eigenvalue weighted by molar-refractivity contribution is 5.81. The Bertz CT molecular complexity index is 492. The van der Waals surface area contributed by atoms with Crippen LogP contribution in [-0.2, 0) is 16.0 Å². The lowest BCUT2D eigenvalue weighted by Gasteiger charge is -2.14. The number of carbonyl (C=O) groups excluding carboxylic acids is 2. The fourth-order valence-corrected chi connectivity index (χ4v) is 1.64. The monoisotopic (exact) mass is 298 g/mol. The van der Waals surface area contributed by atoms with Gasteiger partial charge in [0.25, 0.3) is 0 Å². The van der Waals surface area contributed by atoms with E-state index in [2.05, 4.69) is 15.6 Å². The molecule has 0 saturated carbocycles. The van der Waals surface area contributed by atoms with Gasteiger partial charge in [0, 0.05) is 0 Å². The highest BCUT2D eigenvalue weighted by Gasteiger charge is 2.15. The number of ether oxygens (including phenoxy) is 4. The lowest BCUT2D eigenvalue weighted by molar-refractivity contribution is -0.121. The van der Waals surface area contributed by atoms with Crippen LogP contribution in [0.15, 0.2) is 12.1 Å². The number of amides is 2. The van der Waals surface area contributed by atoms with Gasteiger partial charge in [0.15, 0.2) is 11.5 Å². The van der Waals surface area contributed by atoms with Crippen LogP contribution in [0.1, 0.15) is 5.56 Å². The molecule has 8 nitrogen and oxygen atoms in total. The van der Waals surface area contributed by atoms with Crippen molar-refractivity contribution in [2.75, 3.05) is 28.4 Å². The molecule has 0 unspecified atom stereocenters. The van der Waals surface area contributed by atoms with Gasteiger partial charge in [0.05, 0.1) is 34.9 Å². The Morgan fingerprint density at radius 1 is 0.952 bits per heavy atom. The van der Waals surface area contributed by atoms with Gasteiger partial charge in [-0.2, -0.15) is 0 Å². The first-order chi connectivity index (χ1) is 10.0. The van der Waals surface area contributed by atoms with Crippen molar-refractivity contribution in [1.29, 1.82) is 0 Å². The molecular weight excluding hydrogens is 280 g/mol. The van der Waals surface area contributed by atoms with Crippen molar-refractivity contribution in [3.63, 3.8) is 0 Å². The Morgan fingerprint density at radius 2 is 1.52 bits per heavy atom. The van der Waals surface area contributed by atoms with Crippen molar-refractivity contribution in [2.45, 2.75) is 6.42 Å². The molecule has 0 fully saturated rings. The van der Waals surface area contributed by atoms with E-state index in [-0.39, 0.29) is 6.42 Å². The molecule has 0 spiro atoms. The zero-order valence-electron chi connectivity index (χ0n) is 12.3. The van der Waals surface area contributed by atoms with Gasteiger partial charge in [-0.3, -0.25) is 10.2 Å². The minimum Gasteiger partial charge on any atom is -0.493 e. The van der Waals surface area contributed by atoms with E-state index >= 15 is 0 Å². The standard InChI is InChI=1S/C13H18N2O6/c1-18-9-5-8(6-10(19-2)12(9)20-3)7-11(16)14-15-13(17)21-4/h5-6H,7H2,1-4H3,(H,14,16)(H,15,17).